The summed E-state index contributed by atoms with van der Waals surface area (Å²) in [6.07, 6.45) is 1.80. The van der Waals surface area contributed by atoms with Crippen molar-refractivity contribution in [2.75, 3.05) is 18.4 Å². The minimum absolute atomic E-state index is 0.0277. The molecule has 0 aliphatic carbocycles. The number of amides is 6. The zero-order valence-corrected chi connectivity index (χ0v) is 26.2. The van der Waals surface area contributed by atoms with Gasteiger partial charge >= 0.3 is 6.09 Å². The molecule has 1 aliphatic heterocycles. The number of carbonyl (C=O) groups excluding carboxylic acids is 6. The Kier molecular flexibility index (Phi) is 14.1. The van der Waals surface area contributed by atoms with E-state index in [0.29, 0.717) is 31.5 Å². The number of imide groups is 1. The lowest BCUT2D eigenvalue weighted by atomic mass is 9.94. The molecule has 1 saturated heterocycles. The first-order valence-corrected chi connectivity index (χ1v) is 15.0. The Labute approximate surface area is 254 Å². The van der Waals surface area contributed by atoms with Crippen molar-refractivity contribution in [2.24, 2.45) is 17.8 Å². The molecule has 2 unspecified atom stereocenters. The molecule has 0 spiro atoms. The molecule has 4 N–H and O–H groups in total. The van der Waals surface area contributed by atoms with Gasteiger partial charge in [0.25, 0.3) is 0 Å². The van der Waals surface area contributed by atoms with Gasteiger partial charge < -0.3 is 26.0 Å². The van der Waals surface area contributed by atoms with Crippen LogP contribution in [-0.4, -0.2) is 65.7 Å². The maximum absolute atomic E-state index is 12.8. The van der Waals surface area contributed by atoms with E-state index in [1.54, 1.807) is 38.1 Å². The molecule has 1 fully saturated rings. The van der Waals surface area contributed by atoms with Gasteiger partial charge in [-0.1, -0.05) is 46.2 Å². The fourth-order valence-corrected chi connectivity index (χ4v) is 4.57. The van der Waals surface area contributed by atoms with Crippen molar-refractivity contribution in [3.05, 3.63) is 29.8 Å². The monoisotopic (exact) mass is 601 g/mol. The highest BCUT2D eigenvalue weighted by atomic mass is 16.5. The van der Waals surface area contributed by atoms with Gasteiger partial charge in [-0.25, -0.2) is 4.79 Å². The van der Waals surface area contributed by atoms with Crippen molar-refractivity contribution in [1.82, 2.24) is 20.9 Å². The first kappa shape index (κ1) is 35.2. The molecule has 1 heterocycles. The van der Waals surface area contributed by atoms with Gasteiger partial charge in [-0.05, 0) is 56.2 Å². The number of benzene rings is 1. The van der Waals surface area contributed by atoms with Crippen LogP contribution in [0.3, 0.4) is 0 Å². The second kappa shape index (κ2) is 17.2. The van der Waals surface area contributed by atoms with Crippen molar-refractivity contribution in [2.45, 2.75) is 92.3 Å². The smallest absolute Gasteiger partial charge is 0.407 e. The summed E-state index contributed by atoms with van der Waals surface area (Å²) < 4.78 is 5.12. The number of rotatable bonds is 16. The van der Waals surface area contributed by atoms with Crippen LogP contribution in [-0.2, 0) is 35.3 Å². The zero-order chi connectivity index (χ0) is 32.1. The van der Waals surface area contributed by atoms with Crippen LogP contribution in [0.2, 0.25) is 0 Å². The Morgan fingerprint density at radius 3 is 2.16 bits per heavy atom. The Bertz CT molecular complexity index is 1130. The van der Waals surface area contributed by atoms with Crippen LogP contribution < -0.4 is 21.3 Å². The van der Waals surface area contributed by atoms with E-state index in [0.717, 1.165) is 5.56 Å². The average molecular weight is 602 g/mol. The molecule has 1 aromatic carbocycles. The van der Waals surface area contributed by atoms with Gasteiger partial charge in [0, 0.05) is 37.0 Å². The van der Waals surface area contributed by atoms with E-state index in [2.05, 4.69) is 21.3 Å². The average Bonchev–Trinajstić information content (AvgIpc) is 3.22. The van der Waals surface area contributed by atoms with E-state index in [1.165, 1.54) is 4.90 Å². The SMILES string of the molecule is CC(C)NC(=O)OCc1ccc(NC(=O)CNC(=O)C(NC(=O)CCCCCN2C(=O)CC(C(C)C)C2=O)C(C)C)cc1. The zero-order valence-electron chi connectivity index (χ0n) is 26.2. The van der Waals surface area contributed by atoms with Crippen molar-refractivity contribution >= 4 is 41.3 Å². The Morgan fingerprint density at radius 1 is 0.907 bits per heavy atom. The summed E-state index contributed by atoms with van der Waals surface area (Å²) in [5.41, 5.74) is 1.26. The van der Waals surface area contributed by atoms with E-state index >= 15 is 0 Å². The van der Waals surface area contributed by atoms with E-state index in [1.807, 2.05) is 27.7 Å². The lowest BCUT2D eigenvalue weighted by molar-refractivity contribution is -0.140. The van der Waals surface area contributed by atoms with Gasteiger partial charge in [-0.2, -0.15) is 0 Å². The van der Waals surface area contributed by atoms with E-state index in [9.17, 15) is 28.8 Å². The Hall–Kier alpha value is -3.96. The number of unbranched alkanes of at least 4 members (excludes halogenated alkanes) is 2. The number of alkyl carbamates (subject to hydrolysis) is 1. The number of hydrogen-bond acceptors (Lipinski definition) is 7. The third-order valence-electron chi connectivity index (χ3n) is 7.07. The van der Waals surface area contributed by atoms with Crippen molar-refractivity contribution in [3.8, 4) is 0 Å². The molecule has 2 atom stereocenters. The number of likely N-dealkylation sites (tertiary alicyclic amines) is 1. The summed E-state index contributed by atoms with van der Waals surface area (Å²) in [5.74, 6) is -1.73. The molecular weight excluding hydrogens is 554 g/mol. The number of nitrogens with zero attached hydrogens (tertiary/aromatic N) is 1. The van der Waals surface area contributed by atoms with E-state index in [4.69, 9.17) is 4.74 Å². The molecule has 1 aliphatic rings. The van der Waals surface area contributed by atoms with Crippen LogP contribution >= 0.6 is 0 Å². The van der Waals surface area contributed by atoms with Crippen molar-refractivity contribution in [1.29, 1.82) is 0 Å². The third kappa shape index (κ3) is 12.0. The third-order valence-corrected chi connectivity index (χ3v) is 7.07. The van der Waals surface area contributed by atoms with Crippen LogP contribution in [0.15, 0.2) is 24.3 Å². The maximum Gasteiger partial charge on any atom is 0.407 e. The second-order valence-corrected chi connectivity index (χ2v) is 11.9. The van der Waals surface area contributed by atoms with Crippen LogP contribution in [0, 0.1) is 17.8 Å². The molecule has 12 heteroatoms. The lowest BCUT2D eigenvalue weighted by Gasteiger charge is -2.21. The van der Waals surface area contributed by atoms with Crippen LogP contribution in [0.25, 0.3) is 0 Å². The van der Waals surface area contributed by atoms with Gasteiger partial charge in [0.05, 0.1) is 6.54 Å². The number of ether oxygens (including phenoxy) is 1. The largest absolute Gasteiger partial charge is 0.445 e. The molecule has 1 aromatic rings. The van der Waals surface area contributed by atoms with E-state index in [-0.39, 0.29) is 67.5 Å². The number of nitrogens with one attached hydrogen (secondary N) is 4. The highest BCUT2D eigenvalue weighted by Crippen LogP contribution is 2.26. The summed E-state index contributed by atoms with van der Waals surface area (Å²) in [6.45, 7) is 11.3. The predicted octanol–water partition coefficient (Wildman–Crippen LogP) is 3.11. The van der Waals surface area contributed by atoms with E-state index < -0.39 is 23.9 Å². The summed E-state index contributed by atoms with van der Waals surface area (Å²) >= 11 is 0. The van der Waals surface area contributed by atoms with Crippen molar-refractivity contribution in [3.63, 3.8) is 0 Å². The summed E-state index contributed by atoms with van der Waals surface area (Å²) in [6, 6.07) is 5.93. The molecule has 2 rings (SSSR count). The van der Waals surface area contributed by atoms with Crippen LogP contribution in [0.4, 0.5) is 10.5 Å². The normalized spacial score (nSPS) is 15.6. The first-order valence-electron chi connectivity index (χ1n) is 15.0. The molecule has 0 bridgehead atoms. The fourth-order valence-electron chi connectivity index (χ4n) is 4.57. The predicted molar refractivity (Wildman–Crippen MR) is 161 cm³/mol. The second-order valence-electron chi connectivity index (χ2n) is 11.9. The first-order chi connectivity index (χ1) is 20.3. The molecular formula is C31H47N5O7. The van der Waals surface area contributed by atoms with Crippen LogP contribution in [0.5, 0.6) is 0 Å². The Balaban J connectivity index is 1.70. The lowest BCUT2D eigenvalue weighted by Crippen LogP contribution is -2.51. The summed E-state index contributed by atoms with van der Waals surface area (Å²) in [5, 5.41) is 10.6. The highest BCUT2D eigenvalue weighted by Gasteiger charge is 2.39. The topological polar surface area (TPSA) is 163 Å². The van der Waals surface area contributed by atoms with Gasteiger partial charge in [-0.15, -0.1) is 0 Å². The van der Waals surface area contributed by atoms with Gasteiger partial charge in [0.2, 0.25) is 29.5 Å². The Morgan fingerprint density at radius 2 is 1.58 bits per heavy atom. The highest BCUT2D eigenvalue weighted by molar-refractivity contribution is 6.03. The molecule has 6 amide bonds. The molecule has 12 nitrogen and oxygen atoms in total. The van der Waals surface area contributed by atoms with Gasteiger partial charge in [0.1, 0.15) is 12.6 Å². The number of hydrogen-bond donors (Lipinski definition) is 4. The van der Waals surface area contributed by atoms with Gasteiger partial charge in [-0.3, -0.25) is 28.9 Å². The molecule has 0 aromatic heterocycles. The van der Waals surface area contributed by atoms with Gasteiger partial charge in [0.15, 0.2) is 0 Å². The number of carbonyl (C=O) groups is 6. The van der Waals surface area contributed by atoms with Crippen LogP contribution in [0.1, 0.15) is 79.2 Å². The summed E-state index contributed by atoms with van der Waals surface area (Å²) in [7, 11) is 0. The molecule has 43 heavy (non-hydrogen) atoms. The minimum Gasteiger partial charge on any atom is -0.445 e. The standard InChI is InChI=1S/C31H47N5O7/c1-19(2)24-16-27(39)36(30(24)41)15-9-7-8-10-25(37)35-28(20(3)4)29(40)32-17-26(38)34-23-13-11-22(12-14-23)18-43-31(42)33-21(5)6/h11-14,19-21,24,28H,7-10,15-18H2,1-6H3,(H,32,40)(H,33,42)(H,34,38)(H,35,37). The number of anilines is 1. The minimum atomic E-state index is -0.805. The fraction of sp³-hybridized carbons (Fsp3) is 0.613. The maximum atomic E-state index is 12.8. The molecule has 0 saturated carbocycles. The molecule has 238 valence electrons. The van der Waals surface area contributed by atoms with Crippen molar-refractivity contribution < 1.29 is 33.5 Å². The molecule has 0 radical (unpaired) electrons. The summed E-state index contributed by atoms with van der Waals surface area (Å²) in [4.78, 5) is 75.2. The quantitative estimate of drug-likeness (QED) is 0.167.